The molecule has 0 spiro atoms. The van der Waals surface area contributed by atoms with Gasteiger partial charge >= 0.3 is 0 Å². The lowest BCUT2D eigenvalue weighted by Crippen LogP contribution is -2.37. The van der Waals surface area contributed by atoms with Gasteiger partial charge in [-0.1, -0.05) is 48.5 Å². The molecule has 0 bridgehead atoms. The monoisotopic (exact) mass is 431 g/mol. The van der Waals surface area contributed by atoms with Gasteiger partial charge in [-0.05, 0) is 42.0 Å². The van der Waals surface area contributed by atoms with Crippen LogP contribution in [0.3, 0.4) is 0 Å². The van der Waals surface area contributed by atoms with E-state index in [1.165, 1.54) is 4.90 Å². The summed E-state index contributed by atoms with van der Waals surface area (Å²) in [5.41, 5.74) is 1.67. The van der Waals surface area contributed by atoms with Crippen molar-refractivity contribution in [2.45, 2.75) is 6.04 Å². The lowest BCUT2D eigenvalue weighted by molar-refractivity contribution is -0.130. The summed E-state index contributed by atoms with van der Waals surface area (Å²) in [6.07, 6.45) is 0. The van der Waals surface area contributed by atoms with E-state index in [-0.39, 0.29) is 24.3 Å². The SMILES string of the molecule is CN(C)C(=O)COc1ccc(NC(=O)C(NC(=O)c2ccccc2)c2ccccc2)cc1. The lowest BCUT2D eigenvalue weighted by atomic mass is 10.1. The number of carbonyl (C=O) groups excluding carboxylic acids is 3. The Balaban J connectivity index is 1.70. The van der Waals surface area contributed by atoms with Crippen molar-refractivity contribution in [3.63, 3.8) is 0 Å². The highest BCUT2D eigenvalue weighted by Crippen LogP contribution is 2.20. The molecule has 32 heavy (non-hydrogen) atoms. The van der Waals surface area contributed by atoms with Crippen molar-refractivity contribution < 1.29 is 19.1 Å². The summed E-state index contributed by atoms with van der Waals surface area (Å²) in [4.78, 5) is 38.8. The van der Waals surface area contributed by atoms with E-state index in [4.69, 9.17) is 4.74 Å². The molecule has 1 atom stereocenters. The summed E-state index contributed by atoms with van der Waals surface area (Å²) in [7, 11) is 3.31. The molecule has 164 valence electrons. The fourth-order valence-corrected chi connectivity index (χ4v) is 2.87. The predicted octanol–water partition coefficient (Wildman–Crippen LogP) is 3.26. The second-order valence-electron chi connectivity index (χ2n) is 7.27. The normalized spacial score (nSPS) is 11.2. The van der Waals surface area contributed by atoms with Crippen molar-refractivity contribution in [1.82, 2.24) is 10.2 Å². The van der Waals surface area contributed by atoms with Gasteiger partial charge in [-0.2, -0.15) is 0 Å². The van der Waals surface area contributed by atoms with Gasteiger partial charge in [0.05, 0.1) is 0 Å². The van der Waals surface area contributed by atoms with Crippen LogP contribution in [0, 0.1) is 0 Å². The topological polar surface area (TPSA) is 87.7 Å². The molecule has 1 unspecified atom stereocenters. The number of hydrogen-bond acceptors (Lipinski definition) is 4. The summed E-state index contributed by atoms with van der Waals surface area (Å²) in [5.74, 6) is -0.363. The number of carbonyl (C=O) groups is 3. The summed E-state index contributed by atoms with van der Waals surface area (Å²) in [5, 5.41) is 5.63. The van der Waals surface area contributed by atoms with Crippen molar-refractivity contribution in [3.8, 4) is 5.75 Å². The quantitative estimate of drug-likeness (QED) is 0.573. The second-order valence-corrected chi connectivity index (χ2v) is 7.27. The third-order valence-corrected chi connectivity index (χ3v) is 4.69. The van der Waals surface area contributed by atoms with Gasteiger partial charge in [-0.15, -0.1) is 0 Å². The van der Waals surface area contributed by atoms with Crippen LogP contribution in [0.4, 0.5) is 5.69 Å². The molecule has 7 heteroatoms. The van der Waals surface area contributed by atoms with Crippen LogP contribution in [0.25, 0.3) is 0 Å². The van der Waals surface area contributed by atoms with Crippen LogP contribution in [-0.4, -0.2) is 43.3 Å². The van der Waals surface area contributed by atoms with E-state index in [2.05, 4.69) is 10.6 Å². The second kappa shape index (κ2) is 10.8. The van der Waals surface area contributed by atoms with E-state index < -0.39 is 6.04 Å². The van der Waals surface area contributed by atoms with Crippen LogP contribution in [-0.2, 0) is 9.59 Å². The molecule has 0 aromatic heterocycles. The summed E-state index contributed by atoms with van der Waals surface area (Å²) in [6, 6.07) is 23.6. The summed E-state index contributed by atoms with van der Waals surface area (Å²) in [6.45, 7) is -0.0691. The Bertz CT molecular complexity index is 1050. The van der Waals surface area contributed by atoms with Gasteiger partial charge < -0.3 is 20.3 Å². The summed E-state index contributed by atoms with van der Waals surface area (Å²) >= 11 is 0. The Hall–Kier alpha value is -4.13. The third kappa shape index (κ3) is 6.18. The first-order valence-electron chi connectivity index (χ1n) is 10.1. The zero-order chi connectivity index (χ0) is 22.9. The molecule has 3 amide bonds. The lowest BCUT2D eigenvalue weighted by Gasteiger charge is -2.19. The minimum atomic E-state index is -0.877. The fraction of sp³-hybridized carbons (Fsp3) is 0.160. The van der Waals surface area contributed by atoms with Gasteiger partial charge in [0, 0.05) is 25.3 Å². The molecule has 0 fully saturated rings. The van der Waals surface area contributed by atoms with E-state index >= 15 is 0 Å². The molecule has 0 radical (unpaired) electrons. The molecular formula is C25H25N3O4. The van der Waals surface area contributed by atoms with E-state index in [1.807, 2.05) is 24.3 Å². The Morgan fingerprint density at radius 1 is 0.844 bits per heavy atom. The first-order valence-corrected chi connectivity index (χ1v) is 10.1. The molecular weight excluding hydrogens is 406 g/mol. The third-order valence-electron chi connectivity index (χ3n) is 4.69. The Morgan fingerprint density at radius 3 is 2.03 bits per heavy atom. The number of rotatable bonds is 8. The van der Waals surface area contributed by atoms with Crippen molar-refractivity contribution in [2.75, 3.05) is 26.0 Å². The molecule has 0 aliphatic carbocycles. The van der Waals surface area contributed by atoms with Gasteiger partial charge in [-0.3, -0.25) is 14.4 Å². The Kier molecular flexibility index (Phi) is 7.59. The van der Waals surface area contributed by atoms with E-state index in [9.17, 15) is 14.4 Å². The number of nitrogens with one attached hydrogen (secondary N) is 2. The molecule has 0 saturated heterocycles. The molecule has 7 nitrogen and oxygen atoms in total. The number of ether oxygens (including phenoxy) is 1. The van der Waals surface area contributed by atoms with Gasteiger partial charge in [0.2, 0.25) is 0 Å². The van der Waals surface area contributed by atoms with Crippen molar-refractivity contribution in [2.24, 2.45) is 0 Å². The molecule has 3 rings (SSSR count). The predicted molar refractivity (Wildman–Crippen MR) is 122 cm³/mol. The number of amides is 3. The first kappa shape index (κ1) is 22.6. The van der Waals surface area contributed by atoms with Gasteiger partial charge in [0.15, 0.2) is 6.61 Å². The molecule has 3 aromatic rings. The van der Waals surface area contributed by atoms with Crippen LogP contribution in [0.1, 0.15) is 22.0 Å². The van der Waals surface area contributed by atoms with Crippen LogP contribution < -0.4 is 15.4 Å². The molecule has 0 saturated carbocycles. The van der Waals surface area contributed by atoms with Crippen LogP contribution >= 0.6 is 0 Å². The van der Waals surface area contributed by atoms with Gasteiger partial charge in [0.1, 0.15) is 11.8 Å². The molecule has 0 aliphatic rings. The van der Waals surface area contributed by atoms with Crippen molar-refractivity contribution in [1.29, 1.82) is 0 Å². The maximum atomic E-state index is 13.0. The highest BCUT2D eigenvalue weighted by molar-refractivity contribution is 6.01. The highest BCUT2D eigenvalue weighted by atomic mass is 16.5. The molecule has 2 N–H and O–H groups in total. The smallest absolute Gasteiger partial charge is 0.259 e. The number of hydrogen-bond donors (Lipinski definition) is 2. The number of benzene rings is 3. The summed E-state index contributed by atoms with van der Waals surface area (Å²) < 4.78 is 5.45. The van der Waals surface area contributed by atoms with Gasteiger partial charge in [-0.25, -0.2) is 0 Å². The first-order chi connectivity index (χ1) is 15.4. The average Bonchev–Trinajstić information content (AvgIpc) is 2.82. The van der Waals surface area contributed by atoms with Crippen LogP contribution in [0.5, 0.6) is 5.75 Å². The number of nitrogens with zero attached hydrogens (tertiary/aromatic N) is 1. The number of anilines is 1. The van der Waals surface area contributed by atoms with E-state index in [0.717, 1.165) is 0 Å². The molecule has 0 aliphatic heterocycles. The molecule has 0 heterocycles. The maximum Gasteiger partial charge on any atom is 0.259 e. The van der Waals surface area contributed by atoms with Crippen LogP contribution in [0.2, 0.25) is 0 Å². The average molecular weight is 431 g/mol. The fourth-order valence-electron chi connectivity index (χ4n) is 2.87. The van der Waals surface area contributed by atoms with E-state index in [1.54, 1.807) is 74.8 Å². The van der Waals surface area contributed by atoms with Crippen LogP contribution in [0.15, 0.2) is 84.9 Å². The zero-order valence-electron chi connectivity index (χ0n) is 17.9. The largest absolute Gasteiger partial charge is 0.484 e. The minimum Gasteiger partial charge on any atom is -0.484 e. The van der Waals surface area contributed by atoms with E-state index in [0.29, 0.717) is 22.6 Å². The Labute approximate surface area is 187 Å². The zero-order valence-corrected chi connectivity index (χ0v) is 17.9. The maximum absolute atomic E-state index is 13.0. The van der Waals surface area contributed by atoms with Crippen molar-refractivity contribution in [3.05, 3.63) is 96.1 Å². The Morgan fingerprint density at radius 2 is 1.44 bits per heavy atom. The van der Waals surface area contributed by atoms with Gasteiger partial charge in [0.25, 0.3) is 17.7 Å². The highest BCUT2D eigenvalue weighted by Gasteiger charge is 2.23. The number of likely N-dealkylation sites (N-methyl/N-ethyl adjacent to an activating group) is 1. The minimum absolute atomic E-state index is 0.0691. The standard InChI is InChI=1S/C25H25N3O4/c1-28(2)22(29)17-32-21-15-13-20(14-16-21)26-25(31)23(18-9-5-3-6-10-18)27-24(30)19-11-7-4-8-12-19/h3-16,23H,17H2,1-2H3,(H,26,31)(H,27,30). The van der Waals surface area contributed by atoms with Crippen molar-refractivity contribution >= 4 is 23.4 Å². The molecule has 3 aromatic carbocycles.